The third-order valence-electron chi connectivity index (χ3n) is 4.16. The Balaban J connectivity index is 1.45. The summed E-state index contributed by atoms with van der Waals surface area (Å²) in [5.74, 6) is -0.355. The van der Waals surface area contributed by atoms with Crippen LogP contribution in [0.3, 0.4) is 0 Å². The fraction of sp³-hybridized carbons (Fsp3) is 0.250. The molecule has 6 heteroatoms. The summed E-state index contributed by atoms with van der Waals surface area (Å²) in [7, 11) is 0. The number of benzene rings is 2. The fourth-order valence-electron chi connectivity index (χ4n) is 2.80. The van der Waals surface area contributed by atoms with Crippen LogP contribution in [0.4, 0.5) is 4.39 Å². The highest BCUT2D eigenvalue weighted by molar-refractivity contribution is 5.77. The number of halogens is 1. The van der Waals surface area contributed by atoms with Gasteiger partial charge in [0, 0.05) is 19.5 Å². The van der Waals surface area contributed by atoms with Crippen LogP contribution < -0.4 is 10.9 Å². The van der Waals surface area contributed by atoms with Crippen molar-refractivity contribution in [3.8, 4) is 0 Å². The number of nitrogens with one attached hydrogen (secondary N) is 1. The van der Waals surface area contributed by atoms with Gasteiger partial charge in [-0.1, -0.05) is 24.3 Å². The standard InChI is InChI=1S/C20H20FN3O2/c21-16-6-3-5-15(13-16)10-11-22-19(25)9-4-12-24-14-23-18-8-2-1-7-17(18)20(24)26/h1-3,5-8,13-14H,4,9-12H2,(H,22,25). The smallest absolute Gasteiger partial charge is 0.261 e. The van der Waals surface area contributed by atoms with Crippen molar-refractivity contribution in [2.75, 3.05) is 6.54 Å². The van der Waals surface area contributed by atoms with E-state index in [1.54, 1.807) is 18.2 Å². The lowest BCUT2D eigenvalue weighted by Crippen LogP contribution is -2.26. The Kier molecular flexibility index (Phi) is 5.73. The maximum Gasteiger partial charge on any atom is 0.261 e. The Morgan fingerprint density at radius 1 is 1.15 bits per heavy atom. The summed E-state index contributed by atoms with van der Waals surface area (Å²) in [6.45, 7) is 0.897. The van der Waals surface area contributed by atoms with E-state index in [2.05, 4.69) is 10.3 Å². The number of rotatable bonds is 7. The largest absolute Gasteiger partial charge is 0.356 e. The Labute approximate surface area is 150 Å². The van der Waals surface area contributed by atoms with E-state index < -0.39 is 0 Å². The van der Waals surface area contributed by atoms with E-state index in [-0.39, 0.29) is 17.3 Å². The van der Waals surface area contributed by atoms with Gasteiger partial charge in [0.1, 0.15) is 5.82 Å². The quantitative estimate of drug-likeness (QED) is 0.710. The van der Waals surface area contributed by atoms with Gasteiger partial charge >= 0.3 is 0 Å². The van der Waals surface area contributed by atoms with Crippen LogP contribution in [-0.2, 0) is 17.8 Å². The Hall–Kier alpha value is -3.02. The molecule has 0 fully saturated rings. The molecule has 2 aromatic carbocycles. The molecule has 0 aliphatic heterocycles. The molecule has 0 saturated carbocycles. The van der Waals surface area contributed by atoms with Crippen LogP contribution in [0.2, 0.25) is 0 Å². The second-order valence-corrected chi connectivity index (χ2v) is 6.09. The summed E-state index contributed by atoms with van der Waals surface area (Å²) in [5.41, 5.74) is 1.42. The molecule has 0 atom stereocenters. The first-order valence-corrected chi connectivity index (χ1v) is 8.59. The number of amides is 1. The van der Waals surface area contributed by atoms with Crippen LogP contribution in [0.25, 0.3) is 10.9 Å². The molecule has 1 N–H and O–H groups in total. The third kappa shape index (κ3) is 4.53. The molecule has 0 aliphatic rings. The van der Waals surface area contributed by atoms with Crippen molar-refractivity contribution in [3.63, 3.8) is 0 Å². The molecule has 3 aromatic rings. The molecule has 134 valence electrons. The second kappa shape index (κ2) is 8.38. The highest BCUT2D eigenvalue weighted by Crippen LogP contribution is 2.06. The van der Waals surface area contributed by atoms with E-state index in [0.717, 1.165) is 5.56 Å². The summed E-state index contributed by atoms with van der Waals surface area (Å²) in [4.78, 5) is 28.5. The average Bonchev–Trinajstić information content (AvgIpc) is 2.64. The Morgan fingerprint density at radius 3 is 2.85 bits per heavy atom. The van der Waals surface area contributed by atoms with Crippen molar-refractivity contribution < 1.29 is 9.18 Å². The van der Waals surface area contributed by atoms with Gasteiger partial charge in [-0.3, -0.25) is 14.2 Å². The maximum atomic E-state index is 13.1. The lowest BCUT2D eigenvalue weighted by atomic mass is 10.1. The Bertz CT molecular complexity index is 968. The monoisotopic (exact) mass is 353 g/mol. The number of fused-ring (bicyclic) bond motifs is 1. The molecule has 1 amide bonds. The van der Waals surface area contributed by atoms with Gasteiger partial charge < -0.3 is 5.32 Å². The zero-order chi connectivity index (χ0) is 18.4. The topological polar surface area (TPSA) is 64.0 Å². The number of hydrogen-bond acceptors (Lipinski definition) is 3. The molecule has 26 heavy (non-hydrogen) atoms. The van der Waals surface area contributed by atoms with Gasteiger partial charge in [0.25, 0.3) is 5.56 Å². The summed E-state index contributed by atoms with van der Waals surface area (Å²) in [5, 5.41) is 3.40. The predicted octanol–water partition coefficient (Wildman–Crippen LogP) is 2.67. The van der Waals surface area contributed by atoms with E-state index >= 15 is 0 Å². The molecule has 5 nitrogen and oxygen atoms in total. The third-order valence-corrected chi connectivity index (χ3v) is 4.16. The highest BCUT2D eigenvalue weighted by Gasteiger charge is 2.05. The van der Waals surface area contributed by atoms with Gasteiger partial charge in [0.05, 0.1) is 17.2 Å². The molecule has 0 radical (unpaired) electrons. The lowest BCUT2D eigenvalue weighted by Gasteiger charge is -2.08. The number of para-hydroxylation sites is 1. The Morgan fingerprint density at radius 2 is 2.00 bits per heavy atom. The first-order valence-electron chi connectivity index (χ1n) is 8.59. The maximum absolute atomic E-state index is 13.1. The molecular weight excluding hydrogens is 333 g/mol. The van der Waals surface area contributed by atoms with Crippen LogP contribution >= 0.6 is 0 Å². The van der Waals surface area contributed by atoms with E-state index in [1.807, 2.05) is 18.2 Å². The second-order valence-electron chi connectivity index (χ2n) is 6.09. The van der Waals surface area contributed by atoms with Gasteiger partial charge in [-0.25, -0.2) is 9.37 Å². The number of nitrogens with zero attached hydrogens (tertiary/aromatic N) is 2. The minimum atomic E-state index is -0.275. The van der Waals surface area contributed by atoms with Crippen LogP contribution in [-0.4, -0.2) is 22.0 Å². The van der Waals surface area contributed by atoms with E-state index in [9.17, 15) is 14.0 Å². The molecule has 0 unspecified atom stereocenters. The number of carbonyl (C=O) groups excluding carboxylic acids is 1. The summed E-state index contributed by atoms with van der Waals surface area (Å²) < 4.78 is 14.6. The van der Waals surface area contributed by atoms with Crippen LogP contribution in [0.15, 0.2) is 59.7 Å². The number of aromatic nitrogens is 2. The first-order chi connectivity index (χ1) is 12.6. The summed E-state index contributed by atoms with van der Waals surface area (Å²) in [6.07, 6.45) is 2.97. The van der Waals surface area contributed by atoms with Crippen LogP contribution in [0, 0.1) is 5.82 Å². The van der Waals surface area contributed by atoms with Gasteiger partial charge in [-0.15, -0.1) is 0 Å². The molecule has 0 bridgehead atoms. The molecule has 1 heterocycles. The summed E-state index contributed by atoms with van der Waals surface area (Å²) in [6, 6.07) is 13.5. The normalized spacial score (nSPS) is 10.8. The van der Waals surface area contributed by atoms with E-state index in [0.29, 0.717) is 43.3 Å². The molecular formula is C20H20FN3O2. The first kappa shape index (κ1) is 17.8. The summed E-state index contributed by atoms with van der Waals surface area (Å²) >= 11 is 0. The molecule has 3 rings (SSSR count). The van der Waals surface area contributed by atoms with Crippen molar-refractivity contribution in [2.24, 2.45) is 0 Å². The number of hydrogen-bond donors (Lipinski definition) is 1. The zero-order valence-electron chi connectivity index (χ0n) is 14.3. The average molecular weight is 353 g/mol. The predicted molar refractivity (Wildman–Crippen MR) is 98.4 cm³/mol. The van der Waals surface area contributed by atoms with E-state index in [1.165, 1.54) is 23.0 Å². The van der Waals surface area contributed by atoms with Crippen molar-refractivity contribution in [1.82, 2.24) is 14.9 Å². The van der Waals surface area contributed by atoms with Crippen LogP contribution in [0.5, 0.6) is 0 Å². The minimum absolute atomic E-state index is 0.0804. The SMILES string of the molecule is O=C(CCCn1cnc2ccccc2c1=O)NCCc1cccc(F)c1. The molecule has 0 saturated heterocycles. The molecule has 1 aromatic heterocycles. The molecule has 0 aliphatic carbocycles. The highest BCUT2D eigenvalue weighted by atomic mass is 19.1. The van der Waals surface area contributed by atoms with Gasteiger partial charge in [-0.05, 0) is 42.7 Å². The zero-order valence-corrected chi connectivity index (χ0v) is 14.3. The van der Waals surface area contributed by atoms with E-state index in [4.69, 9.17) is 0 Å². The minimum Gasteiger partial charge on any atom is -0.356 e. The lowest BCUT2D eigenvalue weighted by molar-refractivity contribution is -0.121. The number of aryl methyl sites for hydroxylation is 1. The van der Waals surface area contributed by atoms with Crippen molar-refractivity contribution in [2.45, 2.75) is 25.8 Å². The molecule has 0 spiro atoms. The van der Waals surface area contributed by atoms with Gasteiger partial charge in [0.15, 0.2) is 0 Å². The van der Waals surface area contributed by atoms with Crippen molar-refractivity contribution >= 4 is 16.8 Å². The van der Waals surface area contributed by atoms with Crippen molar-refractivity contribution in [3.05, 3.63) is 76.6 Å². The fourth-order valence-corrected chi connectivity index (χ4v) is 2.80. The van der Waals surface area contributed by atoms with Crippen molar-refractivity contribution in [1.29, 1.82) is 0 Å². The van der Waals surface area contributed by atoms with Gasteiger partial charge in [-0.2, -0.15) is 0 Å². The van der Waals surface area contributed by atoms with Crippen LogP contribution in [0.1, 0.15) is 18.4 Å². The number of carbonyl (C=O) groups is 1. The van der Waals surface area contributed by atoms with Gasteiger partial charge in [0.2, 0.25) is 5.91 Å².